The van der Waals surface area contributed by atoms with Gasteiger partial charge in [-0.3, -0.25) is 0 Å². The van der Waals surface area contributed by atoms with E-state index in [-0.39, 0.29) is 42.3 Å². The van der Waals surface area contributed by atoms with Crippen LogP contribution >= 0.6 is 0 Å². The summed E-state index contributed by atoms with van der Waals surface area (Å²) in [6.07, 6.45) is 2.57. The monoisotopic (exact) mass is 857 g/mol. The Morgan fingerprint density at radius 3 is 1.83 bits per heavy atom. The first-order valence-electron chi connectivity index (χ1n) is 17.3. The van der Waals surface area contributed by atoms with Crippen LogP contribution in [0.2, 0.25) is 0 Å². The molecule has 9 rings (SSSR count). The first kappa shape index (κ1) is 33.8. The van der Waals surface area contributed by atoms with Gasteiger partial charge in [0, 0.05) is 53.9 Å². The Labute approximate surface area is 316 Å². The Morgan fingerprint density at radius 1 is 0.635 bits per heavy atom. The summed E-state index contributed by atoms with van der Waals surface area (Å²) in [5.41, 5.74) is 9.05. The van der Waals surface area contributed by atoms with E-state index in [0.29, 0.717) is 17.3 Å². The summed E-state index contributed by atoms with van der Waals surface area (Å²) in [6.45, 7) is 9.07. The third-order valence-corrected chi connectivity index (χ3v) is 10.3. The first-order chi connectivity index (χ1) is 24.7. The standard InChI is InChI=1S/C45H35FN5.Ir/c1-44(2)27-45(3,4)36-24-30(20-23-35(36)44)38-25-37(46)34(26-47-38)43-49-41(28-12-6-5-7-13-28)48-42(50-43)29-18-21-31(22-19-29)51-39-16-10-8-14-32(39)33-15-9-11-17-40(33)51;/h5-19,21-26H,27H2,1-4H3;/q-1;. The molecule has 7 heteroatoms. The number of fused-ring (bicyclic) bond motifs is 4. The van der Waals surface area contributed by atoms with Gasteiger partial charge in [0.05, 0.1) is 16.6 Å². The van der Waals surface area contributed by atoms with Gasteiger partial charge in [-0.25, -0.2) is 19.3 Å². The molecule has 5 nitrogen and oxygen atoms in total. The molecule has 0 atom stereocenters. The SMILES string of the molecule is CC1(C)CC(C)(C)c2cc(-c3cc(F)c(-c4nc(-c5ccccc5)nc(-c5ccc(-n6c7ccccc7c7ccccc76)cc5)n4)cn3)[c-]cc21.[Ir]. The number of nitrogens with zero attached hydrogens (tertiary/aromatic N) is 5. The van der Waals surface area contributed by atoms with Gasteiger partial charge in [-0.15, -0.1) is 34.9 Å². The molecule has 0 aliphatic heterocycles. The van der Waals surface area contributed by atoms with Gasteiger partial charge < -0.3 is 9.55 Å². The van der Waals surface area contributed by atoms with Crippen molar-refractivity contribution in [3.63, 3.8) is 0 Å². The molecule has 52 heavy (non-hydrogen) atoms. The van der Waals surface area contributed by atoms with Gasteiger partial charge in [-0.05, 0) is 65.4 Å². The normalized spacial score (nSPS) is 14.3. The van der Waals surface area contributed by atoms with Crippen molar-refractivity contribution in [1.29, 1.82) is 0 Å². The molecule has 1 radical (unpaired) electrons. The largest absolute Gasteiger partial charge is 0.309 e. The van der Waals surface area contributed by atoms with Crippen LogP contribution in [0.3, 0.4) is 0 Å². The molecule has 1 aliphatic rings. The van der Waals surface area contributed by atoms with E-state index in [1.807, 2.05) is 42.5 Å². The Kier molecular flexibility index (Phi) is 8.24. The number of hydrogen-bond donors (Lipinski definition) is 0. The average Bonchev–Trinajstić information content (AvgIpc) is 3.58. The van der Waals surface area contributed by atoms with E-state index in [2.05, 4.69) is 111 Å². The maximum absolute atomic E-state index is 16.1. The molecule has 0 unspecified atom stereocenters. The minimum atomic E-state index is -0.452. The minimum absolute atomic E-state index is 0. The van der Waals surface area contributed by atoms with Gasteiger partial charge >= 0.3 is 0 Å². The maximum Gasteiger partial charge on any atom is 0.168 e. The number of rotatable bonds is 5. The summed E-state index contributed by atoms with van der Waals surface area (Å²) < 4.78 is 18.4. The summed E-state index contributed by atoms with van der Waals surface area (Å²) in [7, 11) is 0. The van der Waals surface area contributed by atoms with Crippen LogP contribution in [0.15, 0.2) is 128 Å². The van der Waals surface area contributed by atoms with E-state index in [1.54, 1.807) is 0 Å². The minimum Gasteiger partial charge on any atom is -0.309 e. The predicted molar refractivity (Wildman–Crippen MR) is 203 cm³/mol. The topological polar surface area (TPSA) is 56.5 Å². The number of benzene rings is 5. The maximum atomic E-state index is 16.1. The van der Waals surface area contributed by atoms with Crippen LogP contribution in [-0.4, -0.2) is 24.5 Å². The molecule has 0 saturated carbocycles. The van der Waals surface area contributed by atoms with Gasteiger partial charge in [0.15, 0.2) is 17.5 Å². The number of hydrogen-bond acceptors (Lipinski definition) is 4. The van der Waals surface area contributed by atoms with Gasteiger partial charge in [0.1, 0.15) is 5.82 Å². The van der Waals surface area contributed by atoms with Gasteiger partial charge in [-0.1, -0.05) is 94.4 Å². The molecule has 8 aromatic rings. The zero-order chi connectivity index (χ0) is 34.9. The van der Waals surface area contributed by atoms with E-state index in [1.165, 1.54) is 34.2 Å². The number of aromatic nitrogens is 5. The van der Waals surface area contributed by atoms with Crippen LogP contribution in [0.1, 0.15) is 45.2 Å². The summed E-state index contributed by atoms with van der Waals surface area (Å²) in [5, 5.41) is 2.41. The van der Waals surface area contributed by atoms with Crippen LogP contribution in [-0.2, 0) is 30.9 Å². The third-order valence-electron chi connectivity index (χ3n) is 10.3. The number of para-hydroxylation sites is 2. The molecule has 0 bridgehead atoms. The fraction of sp³-hybridized carbons (Fsp3) is 0.156. The Balaban J connectivity index is 0.00000387. The fourth-order valence-corrected chi connectivity index (χ4v) is 8.10. The van der Waals surface area contributed by atoms with Crippen LogP contribution in [0.5, 0.6) is 0 Å². The Morgan fingerprint density at radius 2 is 1.19 bits per heavy atom. The van der Waals surface area contributed by atoms with Gasteiger partial charge in [-0.2, -0.15) is 0 Å². The predicted octanol–water partition coefficient (Wildman–Crippen LogP) is 10.9. The molecule has 3 aromatic heterocycles. The van der Waals surface area contributed by atoms with E-state index < -0.39 is 5.82 Å². The molecule has 5 aromatic carbocycles. The molecule has 1 aliphatic carbocycles. The van der Waals surface area contributed by atoms with E-state index >= 15 is 4.39 Å². The van der Waals surface area contributed by atoms with E-state index in [4.69, 9.17) is 19.9 Å². The van der Waals surface area contributed by atoms with Crippen molar-refractivity contribution in [2.45, 2.75) is 44.9 Å². The zero-order valence-electron chi connectivity index (χ0n) is 29.3. The van der Waals surface area contributed by atoms with Crippen molar-refractivity contribution >= 4 is 21.8 Å². The van der Waals surface area contributed by atoms with Gasteiger partial charge in [0.25, 0.3) is 0 Å². The van der Waals surface area contributed by atoms with Crippen LogP contribution in [0, 0.1) is 11.9 Å². The van der Waals surface area contributed by atoms with Gasteiger partial charge in [0.2, 0.25) is 0 Å². The Hall–Kier alpha value is -5.36. The fourth-order valence-electron chi connectivity index (χ4n) is 8.10. The number of halogens is 1. The molecular formula is C45H35FIrN5-. The molecule has 0 spiro atoms. The average molecular weight is 857 g/mol. The molecule has 0 saturated heterocycles. The second-order valence-electron chi connectivity index (χ2n) is 14.8. The first-order valence-corrected chi connectivity index (χ1v) is 17.3. The summed E-state index contributed by atoms with van der Waals surface area (Å²) in [5.74, 6) is 0.685. The van der Waals surface area contributed by atoms with Crippen molar-refractivity contribution in [2.75, 3.05) is 0 Å². The van der Waals surface area contributed by atoms with Crippen molar-refractivity contribution in [2.24, 2.45) is 0 Å². The summed E-state index contributed by atoms with van der Waals surface area (Å²) >= 11 is 0. The second kappa shape index (κ2) is 12.7. The summed E-state index contributed by atoms with van der Waals surface area (Å²) in [6, 6.07) is 43.8. The second-order valence-corrected chi connectivity index (χ2v) is 14.8. The van der Waals surface area contributed by atoms with E-state index in [9.17, 15) is 0 Å². The molecule has 0 amide bonds. The Bertz CT molecular complexity index is 2570. The molecule has 3 heterocycles. The smallest absolute Gasteiger partial charge is 0.168 e. The van der Waals surface area contributed by atoms with Crippen LogP contribution < -0.4 is 0 Å². The van der Waals surface area contributed by atoms with Crippen LogP contribution in [0.25, 0.3) is 72.9 Å². The molecule has 0 N–H and O–H groups in total. The van der Waals surface area contributed by atoms with Crippen molar-refractivity contribution in [3.05, 3.63) is 151 Å². The molecular weight excluding hydrogens is 822 g/mol. The van der Waals surface area contributed by atoms with Crippen molar-refractivity contribution < 1.29 is 24.5 Å². The van der Waals surface area contributed by atoms with Crippen molar-refractivity contribution in [3.8, 4) is 51.1 Å². The zero-order valence-corrected chi connectivity index (χ0v) is 31.7. The molecule has 257 valence electrons. The molecule has 0 fully saturated rings. The quantitative estimate of drug-likeness (QED) is 0.162. The van der Waals surface area contributed by atoms with Crippen molar-refractivity contribution in [1.82, 2.24) is 24.5 Å². The summed E-state index contributed by atoms with van der Waals surface area (Å²) in [4.78, 5) is 19.2. The third kappa shape index (κ3) is 5.65. The van der Waals surface area contributed by atoms with E-state index in [0.717, 1.165) is 39.8 Å². The number of pyridine rings is 1. The van der Waals surface area contributed by atoms with Crippen LogP contribution in [0.4, 0.5) is 4.39 Å².